The summed E-state index contributed by atoms with van der Waals surface area (Å²) in [6, 6.07) is 16.3. The van der Waals surface area contributed by atoms with Crippen molar-refractivity contribution in [2.75, 3.05) is 19.0 Å². The Bertz CT molecular complexity index is 1550. The van der Waals surface area contributed by atoms with E-state index in [9.17, 15) is 9.59 Å². The summed E-state index contributed by atoms with van der Waals surface area (Å²) in [5.41, 5.74) is 2.43. The van der Waals surface area contributed by atoms with Gasteiger partial charge in [-0.25, -0.2) is 4.98 Å². The first kappa shape index (κ1) is 25.6. The van der Waals surface area contributed by atoms with Gasteiger partial charge in [-0.05, 0) is 55.8 Å². The largest absolute Gasteiger partial charge is 0.493 e. The van der Waals surface area contributed by atoms with E-state index < -0.39 is 0 Å². The van der Waals surface area contributed by atoms with Crippen LogP contribution in [0.5, 0.6) is 11.5 Å². The number of carbonyl (C=O) groups excluding carboxylic acids is 1. The van der Waals surface area contributed by atoms with Gasteiger partial charge in [0.15, 0.2) is 18.1 Å². The third kappa shape index (κ3) is 5.66. The van der Waals surface area contributed by atoms with Crippen LogP contribution in [0.4, 0.5) is 5.69 Å². The molecule has 0 saturated carbocycles. The fourth-order valence-corrected chi connectivity index (χ4v) is 4.36. The molecule has 184 valence electrons. The summed E-state index contributed by atoms with van der Waals surface area (Å²) in [6.45, 7) is 3.36. The van der Waals surface area contributed by atoms with E-state index in [2.05, 4.69) is 47.3 Å². The van der Waals surface area contributed by atoms with Crippen LogP contribution in [0.25, 0.3) is 10.9 Å². The SMILES string of the molecule is COc1cc(Br)cc(C=Nn2c(C)nc3ccc(Br)cc3c2=O)c1OCC(=O)Nc1ccccc1C. The fourth-order valence-electron chi connectivity index (χ4n) is 3.54. The average Bonchev–Trinajstić information content (AvgIpc) is 2.84. The van der Waals surface area contributed by atoms with Gasteiger partial charge in [0.1, 0.15) is 5.82 Å². The van der Waals surface area contributed by atoms with Gasteiger partial charge in [0, 0.05) is 20.2 Å². The fraction of sp³-hybridized carbons (Fsp3) is 0.154. The third-order valence-corrected chi connectivity index (χ3v) is 6.27. The van der Waals surface area contributed by atoms with Gasteiger partial charge in [-0.1, -0.05) is 50.1 Å². The second-order valence-corrected chi connectivity index (χ2v) is 9.69. The lowest BCUT2D eigenvalue weighted by Gasteiger charge is -2.14. The Morgan fingerprint density at radius 1 is 1.11 bits per heavy atom. The molecule has 1 heterocycles. The molecule has 0 aliphatic rings. The number of hydrogen-bond acceptors (Lipinski definition) is 6. The van der Waals surface area contributed by atoms with Gasteiger partial charge in [0.25, 0.3) is 11.5 Å². The number of carbonyl (C=O) groups is 1. The number of nitrogens with zero attached hydrogens (tertiary/aromatic N) is 3. The Morgan fingerprint density at radius 3 is 2.64 bits per heavy atom. The lowest BCUT2D eigenvalue weighted by molar-refractivity contribution is -0.118. The summed E-state index contributed by atoms with van der Waals surface area (Å²) in [5, 5.41) is 7.65. The van der Waals surface area contributed by atoms with Crippen molar-refractivity contribution in [2.24, 2.45) is 5.10 Å². The maximum atomic E-state index is 13.1. The van der Waals surface area contributed by atoms with E-state index in [1.807, 2.05) is 37.3 Å². The van der Waals surface area contributed by atoms with Gasteiger partial charge in [-0.2, -0.15) is 9.78 Å². The standard InChI is InChI=1S/C26H22Br2N4O4/c1-15-6-4-5-7-21(15)31-24(33)14-36-25-17(10-19(28)12-23(25)35-3)13-29-32-16(2)30-22-9-8-18(27)11-20(22)26(32)34/h4-13H,14H2,1-3H3,(H,31,33). The number of amides is 1. The molecule has 1 aromatic heterocycles. The lowest BCUT2D eigenvalue weighted by Crippen LogP contribution is -2.22. The number of anilines is 1. The van der Waals surface area contributed by atoms with Crippen molar-refractivity contribution in [3.8, 4) is 11.5 Å². The summed E-state index contributed by atoms with van der Waals surface area (Å²) in [4.78, 5) is 30.1. The quantitative estimate of drug-likeness (QED) is 0.280. The van der Waals surface area contributed by atoms with Gasteiger partial charge in [-0.15, -0.1) is 0 Å². The minimum absolute atomic E-state index is 0.252. The molecule has 0 radical (unpaired) electrons. The number of fused-ring (bicyclic) bond motifs is 1. The highest BCUT2D eigenvalue weighted by Crippen LogP contribution is 2.34. The molecule has 0 saturated heterocycles. The number of benzene rings is 3. The van der Waals surface area contributed by atoms with Crippen LogP contribution in [0.15, 0.2) is 73.4 Å². The minimum atomic E-state index is -0.325. The zero-order chi connectivity index (χ0) is 25.8. The smallest absolute Gasteiger partial charge is 0.282 e. The van der Waals surface area contributed by atoms with E-state index >= 15 is 0 Å². The van der Waals surface area contributed by atoms with E-state index in [0.717, 1.165) is 10.0 Å². The topological polar surface area (TPSA) is 94.8 Å². The molecule has 10 heteroatoms. The first-order valence-electron chi connectivity index (χ1n) is 10.9. The number of halogens is 2. The molecule has 4 rings (SSSR count). The van der Waals surface area contributed by atoms with Crippen LogP contribution < -0.4 is 20.3 Å². The molecular weight excluding hydrogens is 592 g/mol. The van der Waals surface area contributed by atoms with Crippen LogP contribution in [0.2, 0.25) is 0 Å². The zero-order valence-electron chi connectivity index (χ0n) is 19.7. The molecule has 0 atom stereocenters. The van der Waals surface area contributed by atoms with Crippen LogP contribution in [-0.2, 0) is 4.79 Å². The van der Waals surface area contributed by atoms with Crippen molar-refractivity contribution in [3.63, 3.8) is 0 Å². The Kier molecular flexibility index (Phi) is 7.85. The molecule has 0 aliphatic carbocycles. The third-order valence-electron chi connectivity index (χ3n) is 5.32. The summed E-state index contributed by atoms with van der Waals surface area (Å²) >= 11 is 6.84. The van der Waals surface area contributed by atoms with E-state index in [0.29, 0.717) is 43.9 Å². The number of rotatable bonds is 7. The number of methoxy groups -OCH3 is 1. The van der Waals surface area contributed by atoms with Gasteiger partial charge in [0.05, 0.1) is 24.2 Å². The molecule has 36 heavy (non-hydrogen) atoms. The highest BCUT2D eigenvalue weighted by atomic mass is 79.9. The number of ether oxygens (including phenoxy) is 2. The van der Waals surface area contributed by atoms with Crippen LogP contribution in [0.1, 0.15) is 17.0 Å². The van der Waals surface area contributed by atoms with Crippen LogP contribution in [-0.4, -0.2) is 35.5 Å². The normalized spacial score (nSPS) is 11.1. The molecule has 3 aromatic carbocycles. The zero-order valence-corrected chi connectivity index (χ0v) is 22.9. The van der Waals surface area contributed by atoms with Gasteiger partial charge >= 0.3 is 0 Å². The summed E-state index contributed by atoms with van der Waals surface area (Å²) < 4.78 is 14.0. The second kappa shape index (κ2) is 11.0. The predicted molar refractivity (Wildman–Crippen MR) is 147 cm³/mol. The molecule has 8 nitrogen and oxygen atoms in total. The van der Waals surface area contributed by atoms with Gasteiger partial charge in [0.2, 0.25) is 0 Å². The Balaban J connectivity index is 1.65. The van der Waals surface area contributed by atoms with Crippen LogP contribution in [0.3, 0.4) is 0 Å². The molecule has 0 bridgehead atoms. The van der Waals surface area contributed by atoms with E-state index in [-0.39, 0.29) is 18.1 Å². The molecule has 0 unspecified atom stereocenters. The van der Waals surface area contributed by atoms with Crippen molar-refractivity contribution < 1.29 is 14.3 Å². The van der Waals surface area contributed by atoms with Crippen LogP contribution >= 0.6 is 31.9 Å². The average molecular weight is 614 g/mol. The second-order valence-electron chi connectivity index (χ2n) is 7.86. The number of aromatic nitrogens is 2. The molecule has 4 aromatic rings. The highest BCUT2D eigenvalue weighted by Gasteiger charge is 2.15. The van der Waals surface area contributed by atoms with Crippen molar-refractivity contribution in [2.45, 2.75) is 13.8 Å². The number of hydrogen-bond donors (Lipinski definition) is 1. The number of aryl methyl sites for hydroxylation is 2. The molecule has 0 aliphatic heterocycles. The summed E-state index contributed by atoms with van der Waals surface area (Å²) in [5.74, 6) is 0.812. The molecule has 0 spiro atoms. The maximum Gasteiger partial charge on any atom is 0.282 e. The van der Waals surface area contributed by atoms with E-state index in [1.165, 1.54) is 18.0 Å². The first-order valence-corrected chi connectivity index (χ1v) is 12.4. The number of para-hydroxylation sites is 1. The van der Waals surface area contributed by atoms with Crippen molar-refractivity contribution in [3.05, 3.63) is 90.8 Å². The maximum absolute atomic E-state index is 13.1. The summed E-state index contributed by atoms with van der Waals surface area (Å²) in [7, 11) is 1.50. The van der Waals surface area contributed by atoms with Gasteiger partial charge < -0.3 is 14.8 Å². The molecule has 1 N–H and O–H groups in total. The van der Waals surface area contributed by atoms with Crippen molar-refractivity contribution >= 4 is 60.6 Å². The predicted octanol–water partition coefficient (Wildman–Crippen LogP) is 5.45. The van der Waals surface area contributed by atoms with Crippen molar-refractivity contribution in [1.82, 2.24) is 9.66 Å². The van der Waals surface area contributed by atoms with E-state index in [1.54, 1.807) is 31.2 Å². The van der Waals surface area contributed by atoms with Gasteiger partial charge in [-0.3, -0.25) is 9.59 Å². The first-order chi connectivity index (χ1) is 17.3. The Morgan fingerprint density at radius 2 is 1.89 bits per heavy atom. The molecular formula is C26H22Br2N4O4. The minimum Gasteiger partial charge on any atom is -0.493 e. The Labute approximate surface area is 224 Å². The number of nitrogens with one attached hydrogen (secondary N) is 1. The van der Waals surface area contributed by atoms with E-state index in [4.69, 9.17) is 9.47 Å². The highest BCUT2D eigenvalue weighted by molar-refractivity contribution is 9.10. The molecule has 0 fully saturated rings. The monoisotopic (exact) mass is 612 g/mol. The molecule has 1 amide bonds. The van der Waals surface area contributed by atoms with Crippen LogP contribution in [0, 0.1) is 13.8 Å². The summed E-state index contributed by atoms with van der Waals surface area (Å²) in [6.07, 6.45) is 1.47. The lowest BCUT2D eigenvalue weighted by atomic mass is 10.2. The van der Waals surface area contributed by atoms with Crippen molar-refractivity contribution in [1.29, 1.82) is 0 Å². The Hall–Kier alpha value is -3.50.